The molecule has 0 bridgehead atoms. The van der Waals surface area contributed by atoms with Gasteiger partial charge in [-0.3, -0.25) is 0 Å². The van der Waals surface area contributed by atoms with Crippen molar-refractivity contribution in [3.05, 3.63) is 46.1 Å². The van der Waals surface area contributed by atoms with E-state index in [9.17, 15) is 0 Å². The number of aryl methyl sites for hydroxylation is 4. The van der Waals surface area contributed by atoms with Crippen molar-refractivity contribution in [1.29, 1.82) is 0 Å². The molecule has 1 aromatic carbocycles. The van der Waals surface area contributed by atoms with Crippen LogP contribution in [0.2, 0.25) is 0 Å². The predicted molar refractivity (Wildman–Crippen MR) is 85.2 cm³/mol. The van der Waals surface area contributed by atoms with Crippen LogP contribution in [0.1, 0.15) is 21.6 Å². The van der Waals surface area contributed by atoms with Gasteiger partial charge in [0.2, 0.25) is 0 Å². The summed E-state index contributed by atoms with van der Waals surface area (Å²) in [4.78, 5) is 5.84. The molecule has 3 aromatic rings. The molecule has 0 fully saturated rings. The molecule has 2 aromatic heterocycles. The summed E-state index contributed by atoms with van der Waals surface area (Å²) in [5.74, 6) is 0. The fraction of sp³-hybridized carbons (Fsp3) is 0.294. The lowest BCUT2D eigenvalue weighted by molar-refractivity contribution is -0.662. The number of thiophene rings is 1. The van der Waals surface area contributed by atoms with E-state index >= 15 is 0 Å². The van der Waals surface area contributed by atoms with Crippen LogP contribution in [0.25, 0.3) is 21.5 Å². The maximum atomic E-state index is 4.54. The fourth-order valence-corrected chi connectivity index (χ4v) is 3.79. The van der Waals surface area contributed by atoms with Crippen molar-refractivity contribution in [1.82, 2.24) is 4.98 Å². The van der Waals surface area contributed by atoms with Gasteiger partial charge in [0.05, 0.1) is 7.05 Å². The molecule has 3 heteroatoms. The summed E-state index contributed by atoms with van der Waals surface area (Å²) in [6.45, 7) is 8.69. The molecule has 0 aliphatic rings. The van der Waals surface area contributed by atoms with E-state index in [2.05, 4.69) is 62.5 Å². The molecule has 102 valence electrons. The Kier molecular flexibility index (Phi) is 3.09. The maximum absolute atomic E-state index is 4.54. The highest BCUT2D eigenvalue weighted by Gasteiger charge is 2.19. The van der Waals surface area contributed by atoms with Gasteiger partial charge in [-0.2, -0.15) is 0 Å². The minimum Gasteiger partial charge on any atom is -0.231 e. The van der Waals surface area contributed by atoms with E-state index in [1.54, 1.807) is 0 Å². The number of rotatable bonds is 1. The number of nitrogens with zero attached hydrogens (tertiary/aromatic N) is 2. The van der Waals surface area contributed by atoms with Gasteiger partial charge in [-0.15, -0.1) is 11.3 Å². The number of benzene rings is 1. The van der Waals surface area contributed by atoms with E-state index in [0.29, 0.717) is 0 Å². The Morgan fingerprint density at radius 1 is 1.05 bits per heavy atom. The zero-order valence-corrected chi connectivity index (χ0v) is 13.4. The molecule has 0 radical (unpaired) electrons. The van der Waals surface area contributed by atoms with Crippen molar-refractivity contribution in [2.45, 2.75) is 27.7 Å². The van der Waals surface area contributed by atoms with Crippen molar-refractivity contribution in [3.63, 3.8) is 0 Å². The molecular formula is C17H19N2S+. The second-order valence-corrected chi connectivity index (χ2v) is 6.79. The molecule has 0 aliphatic carbocycles. The second kappa shape index (κ2) is 4.67. The lowest BCUT2D eigenvalue weighted by Crippen LogP contribution is -2.31. The Balaban J connectivity index is 2.42. The molecule has 0 N–H and O–H groups in total. The minimum absolute atomic E-state index is 1.10. The van der Waals surface area contributed by atoms with E-state index in [-0.39, 0.29) is 0 Å². The van der Waals surface area contributed by atoms with Crippen molar-refractivity contribution in [2.24, 2.45) is 7.05 Å². The van der Waals surface area contributed by atoms with Gasteiger partial charge in [-0.25, -0.2) is 4.57 Å². The number of aromatic nitrogens is 2. The standard InChI is InChI=1S/C17H19N2S/c1-10-6-11(2)13(4)14(7-10)16-17-15(8-12(3)20-17)18-9-19(16)5/h6-9H,1-5H3/q+1. The lowest BCUT2D eigenvalue weighted by Gasteiger charge is -2.11. The third-order valence-corrected chi connectivity index (χ3v) is 4.89. The Morgan fingerprint density at radius 3 is 2.55 bits per heavy atom. The predicted octanol–water partition coefficient (Wildman–Crippen LogP) is 4.02. The third-order valence-electron chi connectivity index (χ3n) is 3.84. The van der Waals surface area contributed by atoms with Gasteiger partial charge in [-0.1, -0.05) is 11.6 Å². The smallest absolute Gasteiger partial charge is 0.231 e. The largest absolute Gasteiger partial charge is 0.287 e. The van der Waals surface area contributed by atoms with Gasteiger partial charge in [0, 0.05) is 16.5 Å². The normalized spacial score (nSPS) is 11.2. The fourth-order valence-electron chi connectivity index (χ4n) is 2.73. The van der Waals surface area contributed by atoms with Gasteiger partial charge in [0.15, 0.2) is 11.2 Å². The topological polar surface area (TPSA) is 16.8 Å². The molecule has 0 atom stereocenters. The van der Waals surface area contributed by atoms with Gasteiger partial charge in [0.1, 0.15) is 4.70 Å². The molecule has 0 unspecified atom stereocenters. The van der Waals surface area contributed by atoms with Crippen molar-refractivity contribution >= 4 is 21.6 Å². The third kappa shape index (κ3) is 2.02. The first-order valence-electron chi connectivity index (χ1n) is 6.80. The summed E-state index contributed by atoms with van der Waals surface area (Å²) in [5.41, 5.74) is 7.69. The van der Waals surface area contributed by atoms with Crippen LogP contribution in [-0.2, 0) is 7.05 Å². The second-order valence-electron chi connectivity index (χ2n) is 5.53. The summed E-state index contributed by atoms with van der Waals surface area (Å²) in [5, 5.41) is 0. The highest BCUT2D eigenvalue weighted by Crippen LogP contribution is 2.33. The minimum atomic E-state index is 1.10. The summed E-state index contributed by atoms with van der Waals surface area (Å²) in [6.07, 6.45) is 1.92. The number of hydrogen-bond acceptors (Lipinski definition) is 2. The zero-order valence-electron chi connectivity index (χ0n) is 12.6. The molecule has 2 nitrogen and oxygen atoms in total. The SMILES string of the molecule is Cc1cc(C)c(C)c(-c2c3sc(C)cc3nc[n+]2C)c1. The molecule has 0 saturated carbocycles. The van der Waals surface area contributed by atoms with Crippen LogP contribution in [-0.4, -0.2) is 4.98 Å². The monoisotopic (exact) mass is 283 g/mol. The van der Waals surface area contributed by atoms with Crippen molar-refractivity contribution < 1.29 is 4.57 Å². The molecule has 2 heterocycles. The molecule has 0 saturated heterocycles. The maximum Gasteiger partial charge on any atom is 0.287 e. The lowest BCUT2D eigenvalue weighted by atomic mass is 9.97. The summed E-state index contributed by atoms with van der Waals surface area (Å²) < 4.78 is 3.42. The van der Waals surface area contributed by atoms with Gasteiger partial charge >= 0.3 is 0 Å². The van der Waals surface area contributed by atoms with Gasteiger partial charge in [-0.05, 0) is 49.9 Å². The van der Waals surface area contributed by atoms with Crippen LogP contribution >= 0.6 is 11.3 Å². The first-order valence-corrected chi connectivity index (χ1v) is 7.62. The van der Waals surface area contributed by atoms with Gasteiger partial charge in [0.25, 0.3) is 6.33 Å². The van der Waals surface area contributed by atoms with Crippen LogP contribution in [0.3, 0.4) is 0 Å². The Hall–Kier alpha value is -1.74. The highest BCUT2D eigenvalue weighted by molar-refractivity contribution is 7.19. The first-order chi connectivity index (χ1) is 9.47. The van der Waals surface area contributed by atoms with E-state index < -0.39 is 0 Å². The van der Waals surface area contributed by atoms with Crippen molar-refractivity contribution in [2.75, 3.05) is 0 Å². The zero-order chi connectivity index (χ0) is 14.4. The average molecular weight is 283 g/mol. The Bertz CT molecular complexity index is 815. The van der Waals surface area contributed by atoms with E-state index in [1.165, 1.54) is 37.5 Å². The summed E-state index contributed by atoms with van der Waals surface area (Å²) >= 11 is 1.82. The number of hydrogen-bond donors (Lipinski definition) is 0. The summed E-state index contributed by atoms with van der Waals surface area (Å²) in [7, 11) is 2.08. The summed E-state index contributed by atoms with van der Waals surface area (Å²) in [6, 6.07) is 6.70. The van der Waals surface area contributed by atoms with Gasteiger partial charge < -0.3 is 0 Å². The van der Waals surface area contributed by atoms with E-state index in [0.717, 1.165) is 5.52 Å². The molecule has 0 aliphatic heterocycles. The quantitative estimate of drug-likeness (QED) is 0.616. The van der Waals surface area contributed by atoms with Crippen LogP contribution in [0.5, 0.6) is 0 Å². The Labute approximate surface area is 123 Å². The molecule has 20 heavy (non-hydrogen) atoms. The molecule has 0 amide bonds. The first kappa shape index (κ1) is 13.3. The van der Waals surface area contributed by atoms with Crippen LogP contribution in [0.4, 0.5) is 0 Å². The molecule has 3 rings (SSSR count). The van der Waals surface area contributed by atoms with Crippen LogP contribution in [0.15, 0.2) is 24.5 Å². The van der Waals surface area contributed by atoms with Crippen LogP contribution in [0, 0.1) is 27.7 Å². The molecule has 0 spiro atoms. The van der Waals surface area contributed by atoms with Crippen LogP contribution < -0.4 is 4.57 Å². The van der Waals surface area contributed by atoms with E-state index in [1.807, 2.05) is 17.7 Å². The molecular weight excluding hydrogens is 264 g/mol. The Morgan fingerprint density at radius 2 is 1.80 bits per heavy atom. The number of fused-ring (bicyclic) bond motifs is 1. The van der Waals surface area contributed by atoms with Crippen molar-refractivity contribution in [3.8, 4) is 11.3 Å². The van der Waals surface area contributed by atoms with E-state index in [4.69, 9.17) is 0 Å². The average Bonchev–Trinajstić information content (AvgIpc) is 2.74. The highest BCUT2D eigenvalue weighted by atomic mass is 32.1.